The van der Waals surface area contributed by atoms with Gasteiger partial charge in [0.15, 0.2) is 0 Å². The Labute approximate surface area is 187 Å². The quantitative estimate of drug-likeness (QED) is 0.306. The van der Waals surface area contributed by atoms with Gasteiger partial charge in [-0.3, -0.25) is 4.79 Å². The fraction of sp³-hybridized carbons (Fsp3) is 0.538. The van der Waals surface area contributed by atoms with E-state index in [4.69, 9.17) is 10.5 Å². The zero-order valence-electron chi connectivity index (χ0n) is 19.6. The number of nitrogens with two attached hydrogens (primary N) is 1. The monoisotopic (exact) mass is 426 g/mol. The molecule has 0 fully saturated rings. The van der Waals surface area contributed by atoms with Crippen LogP contribution in [0.2, 0.25) is 0 Å². The molecule has 31 heavy (non-hydrogen) atoms. The molecule has 0 bridgehead atoms. The third-order valence-corrected chi connectivity index (χ3v) is 6.11. The largest absolute Gasteiger partial charge is 0.465 e. The van der Waals surface area contributed by atoms with Crippen LogP contribution in [0.5, 0.6) is 0 Å². The van der Waals surface area contributed by atoms with E-state index in [-0.39, 0.29) is 5.97 Å². The van der Waals surface area contributed by atoms with Crippen LogP contribution in [-0.2, 0) is 11.3 Å². The third-order valence-electron chi connectivity index (χ3n) is 6.11. The summed E-state index contributed by atoms with van der Waals surface area (Å²) >= 11 is 0. The number of hydrogen-bond acceptors (Lipinski definition) is 3. The highest BCUT2D eigenvalue weighted by molar-refractivity contribution is 6.02. The Morgan fingerprint density at radius 3 is 1.94 bits per heavy atom. The van der Waals surface area contributed by atoms with Gasteiger partial charge in [0.05, 0.1) is 18.2 Å². The summed E-state index contributed by atoms with van der Waals surface area (Å²) in [6.07, 6.45) is 11.5. The molecule has 2 aromatic rings. The van der Waals surface area contributed by atoms with Gasteiger partial charge in [-0.05, 0) is 38.0 Å². The summed E-state index contributed by atoms with van der Waals surface area (Å²) < 4.78 is 6.98. The highest BCUT2D eigenvalue weighted by Gasteiger charge is 2.22. The second-order valence-electron chi connectivity index (χ2n) is 8.33. The van der Waals surface area contributed by atoms with Crippen LogP contribution in [0, 0.1) is 13.8 Å². The van der Waals surface area contributed by atoms with E-state index >= 15 is 0 Å². The molecule has 0 aliphatic carbocycles. The first-order chi connectivity index (χ1) is 14.9. The molecule has 0 unspecified atom stereocenters. The number of carbonyl (C=O) groups is 2. The molecule has 1 aromatic heterocycles. The Kier molecular flexibility index (Phi) is 9.83. The fourth-order valence-corrected chi connectivity index (χ4v) is 4.34. The number of amides is 1. The Morgan fingerprint density at radius 2 is 1.42 bits per heavy atom. The number of unbranched alkanes of at least 4 members (excludes halogenated alkanes) is 8. The number of ether oxygens (including phenoxy) is 1. The molecule has 0 radical (unpaired) electrons. The van der Waals surface area contributed by atoms with E-state index in [1.807, 2.05) is 26.0 Å². The van der Waals surface area contributed by atoms with Crippen molar-refractivity contribution in [2.45, 2.75) is 85.1 Å². The SMILES string of the molecule is CCCCCCCCCCCn1c(C)c(C(N)=O)c(-c2ccc(C(=O)OC)cc2)c1C. The zero-order valence-corrected chi connectivity index (χ0v) is 19.6. The van der Waals surface area contributed by atoms with E-state index in [2.05, 4.69) is 11.5 Å². The first-order valence-corrected chi connectivity index (χ1v) is 11.6. The molecule has 0 aliphatic rings. The van der Waals surface area contributed by atoms with Crippen molar-refractivity contribution in [3.8, 4) is 11.1 Å². The van der Waals surface area contributed by atoms with Gasteiger partial charge in [0.25, 0.3) is 5.91 Å². The minimum atomic E-state index is -0.418. The van der Waals surface area contributed by atoms with Crippen LogP contribution < -0.4 is 5.73 Å². The van der Waals surface area contributed by atoms with E-state index in [1.54, 1.807) is 12.1 Å². The second-order valence-corrected chi connectivity index (χ2v) is 8.33. The molecule has 0 spiro atoms. The number of primary amides is 1. The second kappa shape index (κ2) is 12.3. The lowest BCUT2D eigenvalue weighted by molar-refractivity contribution is 0.0600. The van der Waals surface area contributed by atoms with Crippen LogP contribution in [0.4, 0.5) is 0 Å². The molecule has 2 rings (SSSR count). The lowest BCUT2D eigenvalue weighted by Crippen LogP contribution is -2.13. The average molecular weight is 427 g/mol. The van der Waals surface area contributed by atoms with Gasteiger partial charge in [-0.25, -0.2) is 4.79 Å². The molecule has 170 valence electrons. The Morgan fingerprint density at radius 1 is 0.871 bits per heavy atom. The maximum absolute atomic E-state index is 12.3. The van der Waals surface area contributed by atoms with E-state index in [0.717, 1.165) is 35.5 Å². The molecule has 0 saturated carbocycles. The highest BCUT2D eigenvalue weighted by atomic mass is 16.5. The molecule has 1 heterocycles. The summed E-state index contributed by atoms with van der Waals surface area (Å²) in [6.45, 7) is 7.13. The fourth-order valence-electron chi connectivity index (χ4n) is 4.34. The molecule has 0 saturated heterocycles. The number of esters is 1. The lowest BCUT2D eigenvalue weighted by Gasteiger charge is -2.10. The summed E-state index contributed by atoms with van der Waals surface area (Å²) in [5.41, 5.74) is 10.5. The predicted molar refractivity (Wildman–Crippen MR) is 126 cm³/mol. The summed E-state index contributed by atoms with van der Waals surface area (Å²) in [4.78, 5) is 24.0. The third kappa shape index (κ3) is 6.46. The molecular weight excluding hydrogens is 388 g/mol. The summed E-state index contributed by atoms with van der Waals surface area (Å²) in [5.74, 6) is -0.795. The Hall–Kier alpha value is -2.56. The summed E-state index contributed by atoms with van der Waals surface area (Å²) in [7, 11) is 1.36. The summed E-state index contributed by atoms with van der Waals surface area (Å²) in [5, 5.41) is 0. The molecule has 1 aromatic carbocycles. The zero-order chi connectivity index (χ0) is 22.8. The van der Waals surface area contributed by atoms with Crippen molar-refractivity contribution in [1.29, 1.82) is 0 Å². The van der Waals surface area contributed by atoms with Crippen molar-refractivity contribution in [2.24, 2.45) is 5.73 Å². The van der Waals surface area contributed by atoms with Crippen LogP contribution in [0.15, 0.2) is 24.3 Å². The van der Waals surface area contributed by atoms with Crippen molar-refractivity contribution in [1.82, 2.24) is 4.57 Å². The normalized spacial score (nSPS) is 11.0. The van der Waals surface area contributed by atoms with Crippen molar-refractivity contribution >= 4 is 11.9 Å². The summed E-state index contributed by atoms with van der Waals surface area (Å²) in [6, 6.07) is 7.14. The van der Waals surface area contributed by atoms with Crippen molar-refractivity contribution in [2.75, 3.05) is 7.11 Å². The van der Waals surface area contributed by atoms with Gasteiger partial charge >= 0.3 is 5.97 Å². The Balaban J connectivity index is 2.07. The molecular formula is C26H38N2O3. The van der Waals surface area contributed by atoms with Gasteiger partial charge in [-0.2, -0.15) is 0 Å². The van der Waals surface area contributed by atoms with Gasteiger partial charge in [-0.15, -0.1) is 0 Å². The number of benzene rings is 1. The standard InChI is InChI=1S/C26H38N2O3/c1-5-6-7-8-9-10-11-12-13-18-28-19(2)23(24(20(28)3)25(27)29)21-14-16-22(17-15-21)26(30)31-4/h14-17H,5-13,18H2,1-4H3,(H2,27,29). The van der Waals surface area contributed by atoms with Crippen molar-refractivity contribution < 1.29 is 14.3 Å². The Bertz CT molecular complexity index is 866. The van der Waals surface area contributed by atoms with Crippen LogP contribution >= 0.6 is 0 Å². The molecule has 5 heteroatoms. The maximum atomic E-state index is 12.3. The minimum Gasteiger partial charge on any atom is -0.465 e. The smallest absolute Gasteiger partial charge is 0.337 e. The number of rotatable bonds is 13. The van der Waals surface area contributed by atoms with Gasteiger partial charge in [-0.1, -0.05) is 70.4 Å². The first kappa shape index (κ1) is 24.7. The molecule has 0 aliphatic heterocycles. The minimum absolute atomic E-state index is 0.377. The van der Waals surface area contributed by atoms with Crippen LogP contribution in [-0.4, -0.2) is 23.6 Å². The number of nitrogens with zero attached hydrogens (tertiary/aromatic N) is 1. The van der Waals surface area contributed by atoms with Crippen LogP contribution in [0.3, 0.4) is 0 Å². The number of methoxy groups -OCH3 is 1. The van der Waals surface area contributed by atoms with Gasteiger partial charge in [0.1, 0.15) is 0 Å². The van der Waals surface area contributed by atoms with Gasteiger partial charge in [0, 0.05) is 23.5 Å². The van der Waals surface area contributed by atoms with Crippen LogP contribution in [0.25, 0.3) is 11.1 Å². The molecule has 0 atom stereocenters. The highest BCUT2D eigenvalue weighted by Crippen LogP contribution is 2.33. The van der Waals surface area contributed by atoms with E-state index < -0.39 is 5.91 Å². The first-order valence-electron chi connectivity index (χ1n) is 11.6. The predicted octanol–water partition coefficient (Wildman–Crippen LogP) is 6.19. The van der Waals surface area contributed by atoms with Crippen molar-refractivity contribution in [3.63, 3.8) is 0 Å². The number of carbonyl (C=O) groups excluding carboxylic acids is 2. The van der Waals surface area contributed by atoms with E-state index in [9.17, 15) is 9.59 Å². The molecule has 2 N–H and O–H groups in total. The van der Waals surface area contributed by atoms with Gasteiger partial charge in [0.2, 0.25) is 0 Å². The topological polar surface area (TPSA) is 74.3 Å². The van der Waals surface area contributed by atoms with E-state index in [0.29, 0.717) is 11.1 Å². The van der Waals surface area contributed by atoms with Crippen molar-refractivity contribution in [3.05, 3.63) is 46.8 Å². The van der Waals surface area contributed by atoms with Crippen LogP contribution in [0.1, 0.15) is 96.8 Å². The number of hydrogen-bond donors (Lipinski definition) is 1. The average Bonchev–Trinajstić information content (AvgIpc) is 3.02. The number of aromatic nitrogens is 1. The lowest BCUT2D eigenvalue weighted by atomic mass is 9.99. The molecule has 5 nitrogen and oxygen atoms in total. The van der Waals surface area contributed by atoms with E-state index in [1.165, 1.54) is 58.5 Å². The maximum Gasteiger partial charge on any atom is 0.337 e. The van der Waals surface area contributed by atoms with Gasteiger partial charge < -0.3 is 15.0 Å². The molecule has 1 amide bonds.